The first kappa shape index (κ1) is 17.8. The minimum Gasteiger partial charge on any atom is -0.462 e. The van der Waals surface area contributed by atoms with E-state index in [9.17, 15) is 10.1 Å². The summed E-state index contributed by atoms with van der Waals surface area (Å²) in [6.07, 6.45) is 2.95. The summed E-state index contributed by atoms with van der Waals surface area (Å²) in [4.78, 5) is 11.8. The van der Waals surface area contributed by atoms with Crippen molar-refractivity contribution in [2.45, 2.75) is 6.92 Å². The molecule has 1 aromatic heterocycles. The third-order valence-corrected chi connectivity index (χ3v) is 3.76. The molecule has 0 saturated heterocycles. The summed E-state index contributed by atoms with van der Waals surface area (Å²) in [5.74, 6) is 5.58. The zero-order valence-electron chi connectivity index (χ0n) is 14.6. The van der Waals surface area contributed by atoms with Crippen LogP contribution < -0.4 is 5.73 Å². The molecule has 0 radical (unpaired) electrons. The van der Waals surface area contributed by atoms with Gasteiger partial charge in [0.15, 0.2) is 0 Å². The Balaban J connectivity index is 2.02. The molecule has 0 fully saturated rings. The number of benzene rings is 2. The molecule has 3 aromatic rings. The van der Waals surface area contributed by atoms with Gasteiger partial charge in [0.1, 0.15) is 6.07 Å². The van der Waals surface area contributed by atoms with E-state index in [4.69, 9.17) is 10.5 Å². The van der Waals surface area contributed by atoms with Crippen LogP contribution in [0.15, 0.2) is 54.9 Å². The Labute approximate surface area is 156 Å². The SMILES string of the molecule is CCOC(=O)c1cnn(-c2cc(C#N)c(N)c(C#Cc3ccccc3)c2)c1. The van der Waals surface area contributed by atoms with Crippen LogP contribution in [-0.4, -0.2) is 22.4 Å². The number of nitrogens with zero attached hydrogens (tertiary/aromatic N) is 3. The minimum atomic E-state index is -0.455. The lowest BCUT2D eigenvalue weighted by Gasteiger charge is -2.07. The largest absolute Gasteiger partial charge is 0.462 e. The van der Waals surface area contributed by atoms with Crippen LogP contribution in [0, 0.1) is 23.2 Å². The number of carbonyl (C=O) groups excluding carboxylic acids is 1. The number of carbonyl (C=O) groups is 1. The van der Waals surface area contributed by atoms with Gasteiger partial charge >= 0.3 is 5.97 Å². The summed E-state index contributed by atoms with van der Waals surface area (Å²) >= 11 is 0. The smallest absolute Gasteiger partial charge is 0.341 e. The number of esters is 1. The molecule has 2 aromatic carbocycles. The first-order valence-electron chi connectivity index (χ1n) is 8.25. The first-order valence-corrected chi connectivity index (χ1v) is 8.25. The number of anilines is 1. The quantitative estimate of drug-likeness (QED) is 0.442. The number of hydrogen-bond acceptors (Lipinski definition) is 5. The van der Waals surface area contributed by atoms with Gasteiger partial charge in [0.05, 0.1) is 40.9 Å². The second-order valence-electron chi connectivity index (χ2n) is 5.58. The van der Waals surface area contributed by atoms with Crippen molar-refractivity contribution >= 4 is 11.7 Å². The van der Waals surface area contributed by atoms with Crippen LogP contribution in [0.4, 0.5) is 5.69 Å². The predicted molar refractivity (Wildman–Crippen MR) is 101 cm³/mol. The van der Waals surface area contributed by atoms with Gasteiger partial charge in [0.25, 0.3) is 0 Å². The fraction of sp³-hybridized carbons (Fsp3) is 0.0952. The lowest BCUT2D eigenvalue weighted by Crippen LogP contribution is -2.03. The molecule has 0 aliphatic rings. The van der Waals surface area contributed by atoms with E-state index >= 15 is 0 Å². The number of nitriles is 1. The molecule has 0 amide bonds. The third-order valence-electron chi connectivity index (χ3n) is 3.76. The number of hydrogen-bond donors (Lipinski definition) is 1. The van der Waals surface area contributed by atoms with E-state index in [1.165, 1.54) is 10.9 Å². The molecule has 2 N–H and O–H groups in total. The molecule has 0 aliphatic heterocycles. The lowest BCUT2D eigenvalue weighted by atomic mass is 10.1. The Morgan fingerprint density at radius 3 is 2.67 bits per heavy atom. The Hall–Kier alpha value is -4.03. The zero-order valence-corrected chi connectivity index (χ0v) is 14.6. The molecule has 27 heavy (non-hydrogen) atoms. The number of nitrogen functional groups attached to an aromatic ring is 1. The van der Waals surface area contributed by atoms with Crippen molar-refractivity contribution in [1.29, 1.82) is 5.26 Å². The fourth-order valence-corrected chi connectivity index (χ4v) is 2.41. The van der Waals surface area contributed by atoms with E-state index in [-0.39, 0.29) is 12.2 Å². The van der Waals surface area contributed by atoms with Gasteiger partial charge in [-0.15, -0.1) is 0 Å². The lowest BCUT2D eigenvalue weighted by molar-refractivity contribution is 0.0526. The average molecular weight is 356 g/mol. The van der Waals surface area contributed by atoms with Crippen LogP contribution in [0.3, 0.4) is 0 Å². The highest BCUT2D eigenvalue weighted by Gasteiger charge is 2.13. The molecule has 132 valence electrons. The van der Waals surface area contributed by atoms with E-state index in [0.717, 1.165) is 5.56 Å². The van der Waals surface area contributed by atoms with Crippen molar-refractivity contribution in [3.8, 4) is 23.6 Å². The van der Waals surface area contributed by atoms with Gasteiger partial charge in [-0.3, -0.25) is 0 Å². The maximum Gasteiger partial charge on any atom is 0.341 e. The van der Waals surface area contributed by atoms with Crippen molar-refractivity contribution in [2.75, 3.05) is 12.3 Å². The highest BCUT2D eigenvalue weighted by Crippen LogP contribution is 2.22. The molecule has 0 spiro atoms. The Morgan fingerprint density at radius 1 is 1.22 bits per heavy atom. The van der Waals surface area contributed by atoms with Crippen molar-refractivity contribution < 1.29 is 9.53 Å². The maximum atomic E-state index is 11.8. The van der Waals surface area contributed by atoms with Crippen molar-refractivity contribution in [1.82, 2.24) is 9.78 Å². The Morgan fingerprint density at radius 2 is 1.96 bits per heavy atom. The Kier molecular flexibility index (Phi) is 5.20. The standard InChI is InChI=1S/C21H16N4O2/c1-2-27-21(26)18-13-24-25(14-18)19-10-16(20(23)17(11-19)12-22)9-8-15-6-4-3-5-7-15/h3-7,10-11,13-14H,2,23H2,1H3. The molecule has 6 heteroatoms. The van der Waals surface area contributed by atoms with Gasteiger partial charge in [0.2, 0.25) is 0 Å². The van der Waals surface area contributed by atoms with Crippen LogP contribution in [0.5, 0.6) is 0 Å². The summed E-state index contributed by atoms with van der Waals surface area (Å²) in [6, 6.07) is 14.9. The molecule has 0 atom stereocenters. The van der Waals surface area contributed by atoms with Gasteiger partial charge in [-0.05, 0) is 31.2 Å². The molecule has 6 nitrogen and oxygen atoms in total. The first-order chi connectivity index (χ1) is 13.1. The summed E-state index contributed by atoms with van der Waals surface area (Å²) in [6.45, 7) is 2.02. The highest BCUT2D eigenvalue weighted by molar-refractivity contribution is 5.88. The molecular formula is C21H16N4O2. The average Bonchev–Trinajstić information content (AvgIpc) is 3.18. The second-order valence-corrected chi connectivity index (χ2v) is 5.58. The van der Waals surface area contributed by atoms with Crippen LogP contribution in [-0.2, 0) is 4.74 Å². The molecule has 0 unspecified atom stereocenters. The number of ether oxygens (including phenoxy) is 1. The molecule has 0 bridgehead atoms. The van der Waals surface area contributed by atoms with Crippen molar-refractivity contribution in [3.05, 3.63) is 77.1 Å². The predicted octanol–water partition coefficient (Wildman–Crippen LogP) is 2.90. The molecule has 0 aliphatic carbocycles. The summed E-state index contributed by atoms with van der Waals surface area (Å²) in [5, 5.41) is 13.6. The second kappa shape index (κ2) is 7.90. The third kappa shape index (κ3) is 3.97. The monoisotopic (exact) mass is 356 g/mol. The molecule has 1 heterocycles. The summed E-state index contributed by atoms with van der Waals surface area (Å²) < 4.78 is 6.45. The van der Waals surface area contributed by atoms with Gasteiger partial charge < -0.3 is 10.5 Å². The number of aromatic nitrogens is 2. The van der Waals surface area contributed by atoms with Gasteiger partial charge in [0, 0.05) is 11.8 Å². The summed E-state index contributed by atoms with van der Waals surface area (Å²) in [5.41, 5.74) is 8.92. The molecule has 3 rings (SSSR count). The number of rotatable bonds is 3. The van der Waals surface area contributed by atoms with Gasteiger partial charge in [-0.25, -0.2) is 9.48 Å². The summed E-state index contributed by atoms with van der Waals surface area (Å²) in [7, 11) is 0. The van der Waals surface area contributed by atoms with Gasteiger partial charge in [-0.2, -0.15) is 10.4 Å². The van der Waals surface area contributed by atoms with Crippen molar-refractivity contribution in [2.24, 2.45) is 0 Å². The van der Waals surface area contributed by atoms with Crippen LogP contribution in [0.25, 0.3) is 5.69 Å². The Bertz CT molecular complexity index is 1080. The van der Waals surface area contributed by atoms with Crippen LogP contribution >= 0.6 is 0 Å². The van der Waals surface area contributed by atoms with Crippen LogP contribution in [0.2, 0.25) is 0 Å². The van der Waals surface area contributed by atoms with E-state index in [0.29, 0.717) is 22.5 Å². The normalized spacial score (nSPS) is 9.78. The van der Waals surface area contributed by atoms with E-state index in [1.54, 1.807) is 25.3 Å². The molecular weight excluding hydrogens is 340 g/mol. The van der Waals surface area contributed by atoms with E-state index < -0.39 is 5.97 Å². The minimum absolute atomic E-state index is 0.281. The molecule has 0 saturated carbocycles. The highest BCUT2D eigenvalue weighted by atomic mass is 16.5. The topological polar surface area (TPSA) is 93.9 Å². The maximum absolute atomic E-state index is 11.8. The van der Waals surface area contributed by atoms with E-state index in [2.05, 4.69) is 23.0 Å². The van der Waals surface area contributed by atoms with Crippen LogP contribution in [0.1, 0.15) is 34.0 Å². The van der Waals surface area contributed by atoms with E-state index in [1.807, 2.05) is 30.3 Å². The van der Waals surface area contributed by atoms with Gasteiger partial charge in [-0.1, -0.05) is 30.0 Å². The zero-order chi connectivity index (χ0) is 19.2. The fourth-order valence-electron chi connectivity index (χ4n) is 2.41. The number of nitrogens with two attached hydrogens (primary N) is 1. The van der Waals surface area contributed by atoms with Crippen molar-refractivity contribution in [3.63, 3.8) is 0 Å².